The highest BCUT2D eigenvalue weighted by Crippen LogP contribution is 2.20. The molecule has 0 aliphatic carbocycles. The molecule has 96 valence electrons. The van der Waals surface area contributed by atoms with Gasteiger partial charge in [-0.25, -0.2) is 0 Å². The maximum absolute atomic E-state index is 8.87. The molecule has 0 aliphatic heterocycles. The van der Waals surface area contributed by atoms with E-state index in [9.17, 15) is 0 Å². The molecule has 2 nitrogen and oxygen atoms in total. The lowest BCUT2D eigenvalue weighted by Gasteiger charge is -2.20. The van der Waals surface area contributed by atoms with E-state index < -0.39 is 0 Å². The second kappa shape index (κ2) is 7.70. The first-order valence-corrected chi connectivity index (χ1v) is 6.64. The Bertz CT molecular complexity index is 330. The van der Waals surface area contributed by atoms with E-state index in [1.807, 2.05) is 18.2 Å². The summed E-state index contributed by atoms with van der Waals surface area (Å²) in [6, 6.07) is 8.34. The number of rotatable bonds is 7. The van der Waals surface area contributed by atoms with Crippen molar-refractivity contribution < 1.29 is 5.11 Å². The topological polar surface area (TPSA) is 32.3 Å². The van der Waals surface area contributed by atoms with Gasteiger partial charge in [0.15, 0.2) is 0 Å². The smallest absolute Gasteiger partial charge is 0.0434 e. The van der Waals surface area contributed by atoms with Crippen LogP contribution in [-0.2, 0) is 0 Å². The second-order valence-electron chi connectivity index (χ2n) is 4.54. The van der Waals surface area contributed by atoms with E-state index in [4.69, 9.17) is 16.7 Å². The molecule has 0 spiro atoms. The first-order valence-electron chi connectivity index (χ1n) is 6.27. The van der Waals surface area contributed by atoms with Crippen LogP contribution in [0.5, 0.6) is 0 Å². The Labute approximate surface area is 109 Å². The minimum absolute atomic E-state index is 0.261. The lowest BCUT2D eigenvalue weighted by molar-refractivity contribution is 0.257. The van der Waals surface area contributed by atoms with Crippen molar-refractivity contribution in [3.63, 3.8) is 0 Å². The Morgan fingerprint density at radius 1 is 1.41 bits per heavy atom. The second-order valence-corrected chi connectivity index (χ2v) is 4.98. The van der Waals surface area contributed by atoms with Gasteiger partial charge in [-0.3, -0.25) is 0 Å². The maximum Gasteiger partial charge on any atom is 0.0434 e. The number of aliphatic hydroxyl groups excluding tert-OH is 1. The standard InChI is InChI=1S/C14H22ClNO/c1-3-14(16-10-11(2)7-8-17)12-5-4-6-13(15)9-12/h4-6,9,11,14,16-17H,3,7-8,10H2,1-2H3. The van der Waals surface area contributed by atoms with E-state index >= 15 is 0 Å². The van der Waals surface area contributed by atoms with Gasteiger partial charge in [-0.15, -0.1) is 0 Å². The summed E-state index contributed by atoms with van der Waals surface area (Å²) in [6.45, 7) is 5.49. The summed E-state index contributed by atoms with van der Waals surface area (Å²) in [5.74, 6) is 0.494. The van der Waals surface area contributed by atoms with E-state index in [2.05, 4.69) is 25.2 Å². The lowest BCUT2D eigenvalue weighted by Crippen LogP contribution is -2.26. The van der Waals surface area contributed by atoms with Gasteiger partial charge in [0.25, 0.3) is 0 Å². The minimum atomic E-state index is 0.261. The van der Waals surface area contributed by atoms with Crippen LogP contribution in [0.3, 0.4) is 0 Å². The summed E-state index contributed by atoms with van der Waals surface area (Å²) in [6.07, 6.45) is 1.88. The molecular weight excluding hydrogens is 234 g/mol. The highest BCUT2D eigenvalue weighted by Gasteiger charge is 2.10. The Hall–Kier alpha value is -0.570. The molecular formula is C14H22ClNO. The van der Waals surface area contributed by atoms with Gasteiger partial charge in [-0.1, -0.05) is 37.6 Å². The number of aliphatic hydroxyl groups is 1. The molecule has 2 N–H and O–H groups in total. The summed E-state index contributed by atoms with van der Waals surface area (Å²) in [5.41, 5.74) is 1.23. The number of halogens is 1. The summed E-state index contributed by atoms with van der Waals surface area (Å²) >= 11 is 6.00. The van der Waals surface area contributed by atoms with Crippen molar-refractivity contribution in [1.29, 1.82) is 0 Å². The Morgan fingerprint density at radius 3 is 2.76 bits per heavy atom. The van der Waals surface area contributed by atoms with Crippen LogP contribution in [0.4, 0.5) is 0 Å². The van der Waals surface area contributed by atoms with Crippen LogP contribution in [0, 0.1) is 5.92 Å². The summed E-state index contributed by atoms with van der Waals surface area (Å²) in [7, 11) is 0. The maximum atomic E-state index is 8.87. The van der Waals surface area contributed by atoms with Gasteiger partial charge in [0.05, 0.1) is 0 Å². The van der Waals surface area contributed by atoms with E-state index in [0.29, 0.717) is 12.0 Å². The lowest BCUT2D eigenvalue weighted by atomic mass is 10.0. The highest BCUT2D eigenvalue weighted by atomic mass is 35.5. The van der Waals surface area contributed by atoms with Gasteiger partial charge in [0.1, 0.15) is 0 Å². The van der Waals surface area contributed by atoms with Gasteiger partial charge in [-0.05, 0) is 43.0 Å². The number of hydrogen-bond donors (Lipinski definition) is 2. The van der Waals surface area contributed by atoms with Gasteiger partial charge in [-0.2, -0.15) is 0 Å². The third kappa shape index (κ3) is 5.07. The van der Waals surface area contributed by atoms with Gasteiger partial charge in [0, 0.05) is 17.7 Å². The Balaban J connectivity index is 2.54. The van der Waals surface area contributed by atoms with Crippen LogP contribution >= 0.6 is 11.6 Å². The molecule has 0 saturated carbocycles. The van der Waals surface area contributed by atoms with Crippen LogP contribution in [0.2, 0.25) is 5.02 Å². The summed E-state index contributed by atoms with van der Waals surface area (Å²) < 4.78 is 0. The quantitative estimate of drug-likeness (QED) is 0.783. The van der Waals surface area contributed by atoms with Gasteiger partial charge >= 0.3 is 0 Å². The molecule has 1 rings (SSSR count). The van der Waals surface area contributed by atoms with Crippen molar-refractivity contribution in [2.45, 2.75) is 32.7 Å². The zero-order valence-corrected chi connectivity index (χ0v) is 11.4. The summed E-state index contributed by atoms with van der Waals surface area (Å²) in [4.78, 5) is 0. The molecule has 1 aromatic carbocycles. The zero-order chi connectivity index (χ0) is 12.7. The van der Waals surface area contributed by atoms with Crippen molar-refractivity contribution in [2.75, 3.05) is 13.2 Å². The predicted octanol–water partition coefficient (Wildman–Crippen LogP) is 3.40. The van der Waals surface area contributed by atoms with Crippen LogP contribution in [0.15, 0.2) is 24.3 Å². The third-order valence-corrected chi connectivity index (χ3v) is 3.23. The average Bonchev–Trinajstić information content (AvgIpc) is 2.30. The van der Waals surface area contributed by atoms with E-state index in [1.54, 1.807) is 0 Å². The number of nitrogens with one attached hydrogen (secondary N) is 1. The molecule has 3 heteroatoms. The molecule has 0 saturated heterocycles. The Morgan fingerprint density at radius 2 is 2.18 bits per heavy atom. The fourth-order valence-electron chi connectivity index (χ4n) is 1.89. The Kier molecular flexibility index (Phi) is 6.56. The normalized spacial score (nSPS) is 14.6. The fraction of sp³-hybridized carbons (Fsp3) is 0.571. The van der Waals surface area contributed by atoms with Crippen molar-refractivity contribution in [2.24, 2.45) is 5.92 Å². The van der Waals surface area contributed by atoms with Crippen LogP contribution in [0.1, 0.15) is 38.3 Å². The first-order chi connectivity index (χ1) is 8.17. The van der Waals surface area contributed by atoms with Gasteiger partial charge in [0.2, 0.25) is 0 Å². The molecule has 2 unspecified atom stereocenters. The molecule has 0 aromatic heterocycles. The number of benzene rings is 1. The molecule has 1 aromatic rings. The van der Waals surface area contributed by atoms with Crippen molar-refractivity contribution in [1.82, 2.24) is 5.32 Å². The SMILES string of the molecule is CCC(NCC(C)CCO)c1cccc(Cl)c1. The van der Waals surface area contributed by atoms with E-state index in [1.165, 1.54) is 5.56 Å². The molecule has 0 fully saturated rings. The molecule has 2 atom stereocenters. The minimum Gasteiger partial charge on any atom is -0.396 e. The van der Waals surface area contributed by atoms with Crippen LogP contribution in [0.25, 0.3) is 0 Å². The van der Waals surface area contributed by atoms with Crippen molar-refractivity contribution in [3.8, 4) is 0 Å². The largest absolute Gasteiger partial charge is 0.396 e. The third-order valence-electron chi connectivity index (χ3n) is 2.99. The molecule has 0 heterocycles. The first kappa shape index (κ1) is 14.5. The van der Waals surface area contributed by atoms with E-state index in [-0.39, 0.29) is 6.61 Å². The molecule has 0 radical (unpaired) electrons. The predicted molar refractivity (Wildman–Crippen MR) is 73.4 cm³/mol. The highest BCUT2D eigenvalue weighted by molar-refractivity contribution is 6.30. The van der Waals surface area contributed by atoms with Gasteiger partial charge < -0.3 is 10.4 Å². The molecule has 0 aliphatic rings. The fourth-order valence-corrected chi connectivity index (χ4v) is 2.09. The molecule has 0 amide bonds. The molecule has 17 heavy (non-hydrogen) atoms. The van der Waals surface area contributed by atoms with Crippen molar-refractivity contribution >= 4 is 11.6 Å². The molecule has 0 bridgehead atoms. The van der Waals surface area contributed by atoms with E-state index in [0.717, 1.165) is 24.4 Å². The monoisotopic (exact) mass is 255 g/mol. The van der Waals surface area contributed by atoms with Crippen molar-refractivity contribution in [3.05, 3.63) is 34.9 Å². The number of hydrogen-bond acceptors (Lipinski definition) is 2. The average molecular weight is 256 g/mol. The van der Waals surface area contributed by atoms with Crippen LogP contribution in [-0.4, -0.2) is 18.3 Å². The zero-order valence-electron chi connectivity index (χ0n) is 10.6. The summed E-state index contributed by atoms with van der Waals surface area (Å²) in [5, 5.41) is 13.2. The van der Waals surface area contributed by atoms with Crippen LogP contribution < -0.4 is 5.32 Å².